The number of benzene rings is 10. The quantitative estimate of drug-likeness (QED) is 0.102. The molecular weight excluding hydrogens is 777 g/mol. The number of nitrogens with zero attached hydrogens (tertiary/aromatic N) is 4. The molecule has 0 heterocycles. The molecule has 4 nitrogen and oxygen atoms in total. The average molecular weight is 817 g/mol. The van der Waals surface area contributed by atoms with Gasteiger partial charge in [0.15, 0.2) is 0 Å². The van der Waals surface area contributed by atoms with E-state index < -0.39 is 0 Å². The molecule has 0 radical (unpaired) electrons. The van der Waals surface area contributed by atoms with Gasteiger partial charge in [0, 0.05) is 33.5 Å². The Hall–Kier alpha value is -8.96. The van der Waals surface area contributed by atoms with E-state index >= 15 is 0 Å². The van der Waals surface area contributed by atoms with Crippen molar-refractivity contribution >= 4 is 96.4 Å². The van der Waals surface area contributed by atoms with Crippen LogP contribution >= 0.6 is 0 Å². The Kier molecular flexibility index (Phi) is 10.8. The highest BCUT2D eigenvalue weighted by molar-refractivity contribution is 6.04. The number of fused-ring (bicyclic) bond motifs is 3. The maximum Gasteiger partial charge on any atom is 0.202 e. The van der Waals surface area contributed by atoms with E-state index in [1.165, 1.54) is 21.5 Å². The van der Waals surface area contributed by atoms with E-state index in [0.717, 1.165) is 67.2 Å². The zero-order valence-corrected chi connectivity index (χ0v) is 34.9. The van der Waals surface area contributed by atoms with Gasteiger partial charge in [0.25, 0.3) is 0 Å². The smallest absolute Gasteiger partial charge is 0.202 e. The molecule has 64 heavy (non-hydrogen) atoms. The van der Waals surface area contributed by atoms with Crippen molar-refractivity contribution in [2.75, 3.05) is 9.80 Å². The summed E-state index contributed by atoms with van der Waals surface area (Å²) in [4.78, 5) is 8.56. The van der Waals surface area contributed by atoms with E-state index in [4.69, 9.17) is 6.57 Å². The summed E-state index contributed by atoms with van der Waals surface area (Å²) in [5, 5.41) is 16.7. The van der Waals surface area contributed by atoms with E-state index in [2.05, 4.69) is 203 Å². The summed E-state index contributed by atoms with van der Waals surface area (Å²) in [5.41, 5.74) is 11.1. The van der Waals surface area contributed by atoms with Gasteiger partial charge < -0.3 is 9.80 Å². The number of hydrogen-bond donors (Lipinski definition) is 0. The Balaban J connectivity index is 0.912. The molecular formula is C60H40N4. The lowest BCUT2D eigenvalue weighted by Crippen LogP contribution is -2.10. The molecule has 10 aromatic rings. The largest absolute Gasteiger partial charge is 0.310 e. The summed E-state index contributed by atoms with van der Waals surface area (Å²) in [6.45, 7) is 8.20. The van der Waals surface area contributed by atoms with Crippen LogP contribution in [0, 0.1) is 17.9 Å². The standard InChI is InChI=1S/C60H40N4/c1-62-60-48(33-27-44-30-38-52(39-31-44)64(50-20-6-3-7-21-50)59-25-13-17-46-15-9-11-23-54(46)59)35-40-55-56(60)41-34-47(57(55)42-61)32-26-43-28-36-51(37-29-43)63(49-18-4-2-5-19-49)58-24-12-16-45-14-8-10-22-53(45)58/h2-41H. The molecule has 300 valence electrons. The van der Waals surface area contributed by atoms with Crippen molar-refractivity contribution in [1.82, 2.24) is 0 Å². The van der Waals surface area contributed by atoms with Crippen LogP contribution in [0.25, 0.3) is 61.5 Å². The normalized spacial score (nSPS) is 11.3. The van der Waals surface area contributed by atoms with Crippen molar-refractivity contribution in [1.29, 1.82) is 5.26 Å². The molecule has 0 aliphatic rings. The van der Waals surface area contributed by atoms with Gasteiger partial charge in [-0.05, 0) is 104 Å². The van der Waals surface area contributed by atoms with Crippen molar-refractivity contribution < 1.29 is 0 Å². The topological polar surface area (TPSA) is 34.6 Å². The molecule has 0 aliphatic heterocycles. The molecule has 0 aromatic heterocycles. The minimum atomic E-state index is 0.522. The first kappa shape index (κ1) is 39.2. The highest BCUT2D eigenvalue weighted by Crippen LogP contribution is 2.41. The molecule has 0 unspecified atom stereocenters. The highest BCUT2D eigenvalue weighted by Gasteiger charge is 2.17. The van der Waals surface area contributed by atoms with Gasteiger partial charge in [0.2, 0.25) is 5.69 Å². The van der Waals surface area contributed by atoms with Gasteiger partial charge in [0.05, 0.1) is 23.5 Å². The lowest BCUT2D eigenvalue weighted by atomic mass is 9.95. The van der Waals surface area contributed by atoms with Gasteiger partial charge >= 0.3 is 0 Å². The first-order valence-corrected chi connectivity index (χ1v) is 21.3. The third-order valence-corrected chi connectivity index (χ3v) is 11.7. The third kappa shape index (κ3) is 7.65. The SMILES string of the molecule is [C-]#[N+]c1c(C=Cc2ccc(N(c3ccccc3)c3cccc4ccccc34)cc2)ccc2c(C#N)c(C=Cc3ccc(N(c4ccccc4)c4cccc5ccccc45)cc3)ccc12. The van der Waals surface area contributed by atoms with Crippen LogP contribution in [0.4, 0.5) is 39.8 Å². The predicted octanol–water partition coefficient (Wildman–Crippen LogP) is 16.8. The maximum atomic E-state index is 10.5. The average Bonchev–Trinajstić information content (AvgIpc) is 3.36. The number of rotatable bonds is 10. The monoisotopic (exact) mass is 816 g/mol. The van der Waals surface area contributed by atoms with E-state index in [0.29, 0.717) is 11.3 Å². The lowest BCUT2D eigenvalue weighted by Gasteiger charge is -2.27. The van der Waals surface area contributed by atoms with E-state index in [9.17, 15) is 5.26 Å². The van der Waals surface area contributed by atoms with Crippen LogP contribution in [0.2, 0.25) is 0 Å². The van der Waals surface area contributed by atoms with Gasteiger partial charge in [-0.15, -0.1) is 0 Å². The van der Waals surface area contributed by atoms with Gasteiger partial charge in [-0.3, -0.25) is 0 Å². The second-order valence-corrected chi connectivity index (χ2v) is 15.5. The van der Waals surface area contributed by atoms with E-state index in [-0.39, 0.29) is 0 Å². The minimum absolute atomic E-state index is 0.522. The summed E-state index contributed by atoms with van der Waals surface area (Å²) in [5.74, 6) is 0. The molecule has 10 rings (SSSR count). The fraction of sp³-hybridized carbons (Fsp3) is 0. The summed E-state index contributed by atoms with van der Waals surface area (Å²) in [6.07, 6.45) is 8.06. The lowest BCUT2D eigenvalue weighted by molar-refractivity contribution is 1.30. The van der Waals surface area contributed by atoms with Gasteiger partial charge in [-0.1, -0.05) is 182 Å². The van der Waals surface area contributed by atoms with Crippen LogP contribution < -0.4 is 9.80 Å². The molecule has 0 bridgehead atoms. The Morgan fingerprint density at radius 2 is 0.797 bits per heavy atom. The zero-order valence-electron chi connectivity index (χ0n) is 34.9. The fourth-order valence-corrected chi connectivity index (χ4v) is 8.60. The third-order valence-electron chi connectivity index (χ3n) is 11.7. The minimum Gasteiger partial charge on any atom is -0.310 e. The van der Waals surface area contributed by atoms with Crippen LogP contribution in [0.1, 0.15) is 27.8 Å². The van der Waals surface area contributed by atoms with Crippen LogP contribution in [0.15, 0.2) is 218 Å². The summed E-state index contributed by atoms with van der Waals surface area (Å²) in [7, 11) is 0. The molecule has 0 saturated carbocycles. The molecule has 0 aliphatic carbocycles. The number of nitriles is 1. The fourth-order valence-electron chi connectivity index (χ4n) is 8.60. The zero-order chi connectivity index (χ0) is 43.2. The van der Waals surface area contributed by atoms with Crippen molar-refractivity contribution in [3.05, 3.63) is 258 Å². The first-order chi connectivity index (χ1) is 31.7. The predicted molar refractivity (Wildman–Crippen MR) is 270 cm³/mol. The van der Waals surface area contributed by atoms with Crippen LogP contribution in [-0.4, -0.2) is 0 Å². The molecule has 0 saturated heterocycles. The van der Waals surface area contributed by atoms with Crippen LogP contribution in [-0.2, 0) is 0 Å². The van der Waals surface area contributed by atoms with Crippen molar-refractivity contribution in [3.8, 4) is 6.07 Å². The number of para-hydroxylation sites is 2. The van der Waals surface area contributed by atoms with Gasteiger partial charge in [-0.2, -0.15) is 5.26 Å². The Morgan fingerprint density at radius 3 is 1.30 bits per heavy atom. The first-order valence-electron chi connectivity index (χ1n) is 21.3. The maximum absolute atomic E-state index is 10.5. The highest BCUT2D eigenvalue weighted by atomic mass is 15.1. The van der Waals surface area contributed by atoms with Crippen LogP contribution in [0.5, 0.6) is 0 Å². The van der Waals surface area contributed by atoms with Crippen LogP contribution in [0.3, 0.4) is 0 Å². The molecule has 0 fully saturated rings. The van der Waals surface area contributed by atoms with Gasteiger partial charge in [-0.25, -0.2) is 4.85 Å². The van der Waals surface area contributed by atoms with Crippen molar-refractivity contribution in [2.45, 2.75) is 0 Å². The molecule has 10 aromatic carbocycles. The molecule has 0 amide bonds. The second kappa shape index (κ2) is 17.6. The summed E-state index contributed by atoms with van der Waals surface area (Å²) in [6, 6.07) is 77.8. The molecule has 4 heteroatoms. The van der Waals surface area contributed by atoms with Gasteiger partial charge in [0.1, 0.15) is 6.07 Å². The van der Waals surface area contributed by atoms with E-state index in [1.54, 1.807) is 0 Å². The molecule has 0 spiro atoms. The molecule has 0 atom stereocenters. The Morgan fingerprint density at radius 1 is 0.375 bits per heavy atom. The second-order valence-electron chi connectivity index (χ2n) is 15.5. The number of hydrogen-bond acceptors (Lipinski definition) is 3. The van der Waals surface area contributed by atoms with E-state index in [1.807, 2.05) is 60.7 Å². The Bertz CT molecular complexity index is 3200. The summed E-state index contributed by atoms with van der Waals surface area (Å²) < 4.78 is 0. The Labute approximate surface area is 373 Å². The van der Waals surface area contributed by atoms with Crippen molar-refractivity contribution in [2.24, 2.45) is 0 Å². The summed E-state index contributed by atoms with van der Waals surface area (Å²) >= 11 is 0. The molecule has 0 N–H and O–H groups in total. The number of anilines is 6. The van der Waals surface area contributed by atoms with Crippen molar-refractivity contribution in [3.63, 3.8) is 0 Å².